The molecule has 136 valence electrons. The van der Waals surface area contributed by atoms with Crippen LogP contribution < -0.4 is 10.9 Å². The minimum Gasteiger partial charge on any atom is -0.351 e. The summed E-state index contributed by atoms with van der Waals surface area (Å²) in [6.45, 7) is 8.05. The zero-order chi connectivity index (χ0) is 18.9. The van der Waals surface area contributed by atoms with Crippen LogP contribution in [0.25, 0.3) is 16.7 Å². The maximum absolute atomic E-state index is 12.7. The van der Waals surface area contributed by atoms with E-state index in [1.54, 1.807) is 4.68 Å². The monoisotopic (exact) mass is 353 g/mol. The smallest absolute Gasteiger partial charge is 0.264 e. The number of aromatic nitrogens is 4. The molecule has 7 nitrogen and oxygen atoms in total. The highest BCUT2D eigenvalue weighted by Crippen LogP contribution is 2.14. The molecule has 2 heterocycles. The van der Waals surface area contributed by atoms with Gasteiger partial charge in [0.2, 0.25) is 5.91 Å². The Balaban J connectivity index is 1.85. The normalized spacial score (nSPS) is 11.7. The van der Waals surface area contributed by atoms with Gasteiger partial charge in [-0.1, -0.05) is 17.7 Å². The van der Waals surface area contributed by atoms with Crippen LogP contribution in [-0.2, 0) is 11.3 Å². The maximum Gasteiger partial charge on any atom is 0.264 e. The molecule has 0 aliphatic carbocycles. The van der Waals surface area contributed by atoms with Crippen LogP contribution in [0.2, 0.25) is 0 Å². The highest BCUT2D eigenvalue weighted by Gasteiger charge is 2.15. The minimum atomic E-state index is -0.292. The first-order valence-electron chi connectivity index (χ1n) is 8.56. The first kappa shape index (κ1) is 17.8. The highest BCUT2D eigenvalue weighted by molar-refractivity contribution is 5.77. The number of rotatable bonds is 4. The number of amides is 1. The Morgan fingerprint density at radius 2 is 1.88 bits per heavy atom. The molecule has 7 heteroatoms. The first-order chi connectivity index (χ1) is 12.2. The quantitative estimate of drug-likeness (QED) is 0.779. The Morgan fingerprint density at radius 3 is 2.54 bits per heavy atom. The molecule has 1 amide bonds. The summed E-state index contributed by atoms with van der Waals surface area (Å²) >= 11 is 0. The van der Waals surface area contributed by atoms with Gasteiger partial charge in [0.25, 0.3) is 5.56 Å². The SMILES string of the molecule is Cc1ccc(-n2ncc3c(=O)n(CCC(=O)NC(C)(C)C)cnc32)cc1. The fraction of sp³-hybridized carbons (Fsp3) is 0.368. The second-order valence-corrected chi connectivity index (χ2v) is 7.42. The van der Waals surface area contributed by atoms with Gasteiger partial charge in [-0.25, -0.2) is 9.67 Å². The van der Waals surface area contributed by atoms with Crippen molar-refractivity contribution in [3.8, 4) is 5.69 Å². The summed E-state index contributed by atoms with van der Waals surface area (Å²) in [6.07, 6.45) is 3.22. The summed E-state index contributed by atoms with van der Waals surface area (Å²) in [5.74, 6) is -0.0974. The van der Waals surface area contributed by atoms with E-state index < -0.39 is 0 Å². The molecule has 1 aromatic carbocycles. The van der Waals surface area contributed by atoms with Crippen LogP contribution in [-0.4, -0.2) is 30.8 Å². The number of hydrogen-bond donors (Lipinski definition) is 1. The molecule has 0 fully saturated rings. The predicted molar refractivity (Wildman–Crippen MR) is 100 cm³/mol. The van der Waals surface area contributed by atoms with Crippen molar-refractivity contribution >= 4 is 16.9 Å². The molecule has 0 aliphatic heterocycles. The van der Waals surface area contributed by atoms with Gasteiger partial charge in [0, 0.05) is 18.5 Å². The van der Waals surface area contributed by atoms with E-state index in [1.165, 1.54) is 17.1 Å². The third-order valence-corrected chi connectivity index (χ3v) is 3.93. The molecular formula is C19H23N5O2. The lowest BCUT2D eigenvalue weighted by molar-refractivity contribution is -0.122. The van der Waals surface area contributed by atoms with Crippen LogP contribution in [0.3, 0.4) is 0 Å². The predicted octanol–water partition coefficient (Wildman–Crippen LogP) is 2.20. The van der Waals surface area contributed by atoms with Gasteiger partial charge in [0.05, 0.1) is 18.2 Å². The van der Waals surface area contributed by atoms with Crippen molar-refractivity contribution in [2.45, 2.75) is 46.2 Å². The third-order valence-electron chi connectivity index (χ3n) is 3.93. The van der Waals surface area contributed by atoms with Crippen molar-refractivity contribution < 1.29 is 4.79 Å². The van der Waals surface area contributed by atoms with Gasteiger partial charge in [-0.2, -0.15) is 5.10 Å². The molecule has 2 aromatic heterocycles. The van der Waals surface area contributed by atoms with Gasteiger partial charge in [0.15, 0.2) is 5.65 Å². The number of nitrogens with one attached hydrogen (secondary N) is 1. The number of hydrogen-bond acceptors (Lipinski definition) is 4. The standard InChI is InChI=1S/C19H23N5O2/c1-13-5-7-14(8-6-13)24-17-15(11-21-24)18(26)23(12-20-17)10-9-16(25)22-19(2,3)4/h5-8,11-12H,9-10H2,1-4H3,(H,22,25). The summed E-state index contributed by atoms with van der Waals surface area (Å²) in [5, 5.41) is 7.62. The van der Waals surface area contributed by atoms with Crippen LogP contribution in [0.1, 0.15) is 32.8 Å². The average Bonchev–Trinajstić information content (AvgIpc) is 2.98. The van der Waals surface area contributed by atoms with E-state index in [-0.39, 0.29) is 30.0 Å². The van der Waals surface area contributed by atoms with Crippen molar-refractivity contribution in [2.75, 3.05) is 0 Å². The summed E-state index contributed by atoms with van der Waals surface area (Å²) in [5.41, 5.74) is 2.01. The molecule has 26 heavy (non-hydrogen) atoms. The number of benzene rings is 1. The van der Waals surface area contributed by atoms with Crippen molar-refractivity contribution in [1.82, 2.24) is 24.6 Å². The Bertz CT molecular complexity index is 993. The summed E-state index contributed by atoms with van der Waals surface area (Å²) in [7, 11) is 0. The van der Waals surface area contributed by atoms with Crippen molar-refractivity contribution in [3.63, 3.8) is 0 Å². The van der Waals surface area contributed by atoms with E-state index in [2.05, 4.69) is 15.4 Å². The van der Waals surface area contributed by atoms with E-state index in [4.69, 9.17) is 0 Å². The summed E-state index contributed by atoms with van der Waals surface area (Å²) in [4.78, 5) is 29.0. The van der Waals surface area contributed by atoms with Gasteiger partial charge >= 0.3 is 0 Å². The second kappa shape index (κ2) is 6.74. The molecule has 0 atom stereocenters. The fourth-order valence-electron chi connectivity index (χ4n) is 2.69. The van der Waals surface area contributed by atoms with E-state index in [0.717, 1.165) is 11.3 Å². The number of fused-ring (bicyclic) bond motifs is 1. The van der Waals surface area contributed by atoms with Gasteiger partial charge in [-0.15, -0.1) is 0 Å². The van der Waals surface area contributed by atoms with Crippen molar-refractivity contribution in [3.05, 3.63) is 52.7 Å². The Hall–Kier alpha value is -2.96. The second-order valence-electron chi connectivity index (χ2n) is 7.42. The van der Waals surface area contributed by atoms with Crippen LogP contribution in [0, 0.1) is 6.92 Å². The van der Waals surface area contributed by atoms with E-state index >= 15 is 0 Å². The Kier molecular flexibility index (Phi) is 4.63. The molecule has 0 bridgehead atoms. The van der Waals surface area contributed by atoms with E-state index in [9.17, 15) is 9.59 Å². The summed E-state index contributed by atoms with van der Waals surface area (Å²) < 4.78 is 3.10. The summed E-state index contributed by atoms with van der Waals surface area (Å²) in [6, 6.07) is 7.84. The zero-order valence-corrected chi connectivity index (χ0v) is 15.5. The van der Waals surface area contributed by atoms with Crippen LogP contribution in [0.4, 0.5) is 0 Å². The van der Waals surface area contributed by atoms with Crippen LogP contribution in [0.15, 0.2) is 41.6 Å². The molecule has 1 N–H and O–H groups in total. The van der Waals surface area contributed by atoms with E-state index in [1.807, 2.05) is 52.0 Å². The van der Waals surface area contributed by atoms with Gasteiger partial charge in [-0.3, -0.25) is 14.2 Å². The molecule has 0 unspecified atom stereocenters. The molecule has 0 saturated heterocycles. The van der Waals surface area contributed by atoms with Crippen molar-refractivity contribution in [2.24, 2.45) is 0 Å². The number of nitrogens with zero attached hydrogens (tertiary/aromatic N) is 4. The lowest BCUT2D eigenvalue weighted by atomic mass is 10.1. The highest BCUT2D eigenvalue weighted by atomic mass is 16.2. The fourth-order valence-corrected chi connectivity index (χ4v) is 2.69. The number of carbonyl (C=O) groups is 1. The first-order valence-corrected chi connectivity index (χ1v) is 8.56. The molecular weight excluding hydrogens is 330 g/mol. The molecule has 0 saturated carbocycles. The molecule has 0 aliphatic rings. The largest absolute Gasteiger partial charge is 0.351 e. The topological polar surface area (TPSA) is 81.8 Å². The molecule has 0 spiro atoms. The minimum absolute atomic E-state index is 0.0974. The number of aryl methyl sites for hydroxylation is 2. The maximum atomic E-state index is 12.7. The van der Waals surface area contributed by atoms with Gasteiger partial charge < -0.3 is 5.32 Å². The Morgan fingerprint density at radius 1 is 1.19 bits per heavy atom. The molecule has 3 aromatic rings. The lowest BCUT2D eigenvalue weighted by Crippen LogP contribution is -2.41. The zero-order valence-electron chi connectivity index (χ0n) is 15.5. The van der Waals surface area contributed by atoms with Gasteiger partial charge in [-0.05, 0) is 39.8 Å². The lowest BCUT2D eigenvalue weighted by Gasteiger charge is -2.20. The van der Waals surface area contributed by atoms with Crippen LogP contribution >= 0.6 is 0 Å². The van der Waals surface area contributed by atoms with Crippen LogP contribution in [0.5, 0.6) is 0 Å². The molecule has 0 radical (unpaired) electrons. The van der Waals surface area contributed by atoms with E-state index in [0.29, 0.717) is 11.0 Å². The average molecular weight is 353 g/mol. The van der Waals surface area contributed by atoms with Gasteiger partial charge in [0.1, 0.15) is 5.39 Å². The number of carbonyl (C=O) groups excluding carboxylic acids is 1. The Labute approximate surface area is 151 Å². The third kappa shape index (κ3) is 3.82. The molecule has 3 rings (SSSR count). The van der Waals surface area contributed by atoms with Crippen molar-refractivity contribution in [1.29, 1.82) is 0 Å².